The number of hydrogen-bond acceptors (Lipinski definition) is 14. The van der Waals surface area contributed by atoms with Gasteiger partial charge in [-0.25, -0.2) is 0 Å². The van der Waals surface area contributed by atoms with E-state index in [9.17, 15) is 35.1 Å². The molecule has 0 aromatic heterocycles. The number of likely N-dealkylation sites (N-methyl/N-ethyl adjacent to an activating group) is 1. The Kier molecular flexibility index (Phi) is 17.0. The molecule has 3 rings (SSSR count). The molecule has 15 heteroatoms. The number of nitrogens with zero attached hydrogens (tertiary/aromatic N) is 2. The van der Waals surface area contributed by atoms with Crippen LogP contribution >= 0.6 is 0 Å². The molecule has 0 bridgehead atoms. The highest BCUT2D eigenvalue weighted by molar-refractivity contribution is 5.73. The average Bonchev–Trinajstić information content (AvgIpc) is 3.10. The van der Waals surface area contributed by atoms with Gasteiger partial charge in [-0.05, 0) is 87.7 Å². The maximum atomic E-state index is 14.3. The fourth-order valence-electron chi connectivity index (χ4n) is 9.07. The van der Waals surface area contributed by atoms with Gasteiger partial charge in [0.25, 0.3) is 0 Å². The number of aliphatic hydroxyl groups excluding tert-OH is 2. The van der Waals surface area contributed by atoms with Crippen molar-refractivity contribution in [3.8, 4) is 0 Å². The molecule has 55 heavy (non-hydrogen) atoms. The van der Waals surface area contributed by atoms with Crippen LogP contribution in [0.15, 0.2) is 0 Å². The molecule has 5 N–H and O–H groups in total. The molecule has 0 radical (unpaired) electrons. The molecule has 0 unspecified atom stereocenters. The molecule has 0 spiro atoms. The van der Waals surface area contributed by atoms with Crippen LogP contribution in [0.2, 0.25) is 0 Å². The quantitative estimate of drug-likeness (QED) is 0.203. The van der Waals surface area contributed by atoms with E-state index < -0.39 is 95.8 Å². The van der Waals surface area contributed by atoms with Crippen LogP contribution in [0, 0.1) is 17.8 Å². The van der Waals surface area contributed by atoms with Gasteiger partial charge in [-0.2, -0.15) is 0 Å². The summed E-state index contributed by atoms with van der Waals surface area (Å²) >= 11 is 0. The Hall–Kier alpha value is -1.50. The van der Waals surface area contributed by atoms with Crippen LogP contribution in [0.3, 0.4) is 0 Å². The number of esters is 1. The number of carboxylic acid groups (broad SMARTS) is 1. The molecule has 0 saturated carbocycles. The third-order valence-corrected chi connectivity index (χ3v) is 12.7. The monoisotopic (exact) mass is 791 g/mol. The lowest BCUT2D eigenvalue weighted by Crippen LogP contribution is -2.59. The van der Waals surface area contributed by atoms with Crippen molar-refractivity contribution in [1.82, 2.24) is 9.80 Å². The second kappa shape index (κ2) is 19.5. The van der Waals surface area contributed by atoms with Gasteiger partial charge in [-0.1, -0.05) is 20.8 Å². The van der Waals surface area contributed by atoms with Crippen LogP contribution < -0.4 is 0 Å². The van der Waals surface area contributed by atoms with E-state index in [-0.39, 0.29) is 43.7 Å². The number of ether oxygens (including phenoxy) is 6. The summed E-state index contributed by atoms with van der Waals surface area (Å²) in [4.78, 5) is 29.5. The largest absolute Gasteiger partial charge is 0.481 e. The van der Waals surface area contributed by atoms with E-state index in [1.807, 2.05) is 44.7 Å². The molecule has 17 atom stereocenters. The van der Waals surface area contributed by atoms with E-state index in [2.05, 4.69) is 0 Å². The van der Waals surface area contributed by atoms with Gasteiger partial charge >= 0.3 is 11.9 Å². The Labute approximate surface area is 328 Å². The zero-order valence-corrected chi connectivity index (χ0v) is 35.6. The maximum Gasteiger partial charge on any atom is 0.311 e. The SMILES string of the molecule is CC[C@H]1OC(=O)[C@H](C)[C@@H](O[C@H]2C[C@@](C)(OC)[C@@H](O)[C@H](C)O2)[C@H](C)[C@@H](O[C@H]2C[C@@H](N(C)CCC(=O)O)C[C@@H](C)O2)[C@](C)(O)C[C@@H](C)CN(C)[C@H](C)[C@@H](O)[C@]1(C)O. The van der Waals surface area contributed by atoms with Crippen molar-refractivity contribution < 1.29 is 63.5 Å². The molecule has 3 fully saturated rings. The Morgan fingerprint density at radius 2 is 1.60 bits per heavy atom. The van der Waals surface area contributed by atoms with Gasteiger partial charge in [0, 0.05) is 51.0 Å². The molecular weight excluding hydrogens is 716 g/mol. The van der Waals surface area contributed by atoms with Crippen molar-refractivity contribution in [2.24, 2.45) is 17.8 Å². The van der Waals surface area contributed by atoms with Crippen molar-refractivity contribution in [3.05, 3.63) is 0 Å². The maximum absolute atomic E-state index is 14.3. The lowest BCUT2D eigenvalue weighted by atomic mass is 9.77. The Bertz CT molecular complexity index is 1240. The topological polar surface area (TPSA) is 197 Å². The first-order valence-electron chi connectivity index (χ1n) is 20.2. The van der Waals surface area contributed by atoms with E-state index in [0.29, 0.717) is 25.9 Å². The van der Waals surface area contributed by atoms with Crippen molar-refractivity contribution in [2.75, 3.05) is 34.3 Å². The zero-order chi connectivity index (χ0) is 41.8. The van der Waals surface area contributed by atoms with E-state index >= 15 is 0 Å². The highest BCUT2D eigenvalue weighted by Crippen LogP contribution is 2.40. The molecule has 0 amide bonds. The number of carboxylic acids is 1. The highest BCUT2D eigenvalue weighted by Gasteiger charge is 2.52. The van der Waals surface area contributed by atoms with Gasteiger partial charge in [0.2, 0.25) is 0 Å². The predicted octanol–water partition coefficient (Wildman–Crippen LogP) is 2.77. The van der Waals surface area contributed by atoms with Crippen LogP contribution in [0.1, 0.15) is 108 Å². The highest BCUT2D eigenvalue weighted by atomic mass is 16.7. The zero-order valence-electron chi connectivity index (χ0n) is 35.6. The first kappa shape index (κ1) is 47.9. The second-order valence-electron chi connectivity index (χ2n) is 17.7. The average molecular weight is 791 g/mol. The van der Waals surface area contributed by atoms with Crippen molar-refractivity contribution >= 4 is 11.9 Å². The lowest BCUT2D eigenvalue weighted by molar-refractivity contribution is -0.308. The van der Waals surface area contributed by atoms with Gasteiger partial charge < -0.3 is 63.8 Å². The van der Waals surface area contributed by atoms with Crippen molar-refractivity contribution in [1.29, 1.82) is 0 Å². The van der Waals surface area contributed by atoms with Crippen LogP contribution in [0.25, 0.3) is 0 Å². The van der Waals surface area contributed by atoms with Crippen LogP contribution in [0.5, 0.6) is 0 Å². The molecule has 15 nitrogen and oxygen atoms in total. The summed E-state index contributed by atoms with van der Waals surface area (Å²) < 4.78 is 37.9. The summed E-state index contributed by atoms with van der Waals surface area (Å²) in [5.41, 5.74) is -4.34. The molecule has 3 aliphatic heterocycles. The fraction of sp³-hybridized carbons (Fsp3) is 0.950. The molecule has 0 aliphatic carbocycles. The van der Waals surface area contributed by atoms with Crippen molar-refractivity contribution in [2.45, 2.75) is 192 Å². The number of aliphatic carboxylic acids is 1. The number of aliphatic hydroxyl groups is 4. The van der Waals surface area contributed by atoms with E-state index in [1.54, 1.807) is 41.5 Å². The summed E-state index contributed by atoms with van der Waals surface area (Å²) in [7, 11) is 5.24. The molecular formula is C40H74N2O13. The molecule has 3 aliphatic rings. The van der Waals surface area contributed by atoms with E-state index in [1.165, 1.54) is 14.0 Å². The van der Waals surface area contributed by atoms with Gasteiger partial charge in [0.1, 0.15) is 23.9 Å². The number of carbonyl (C=O) groups is 2. The summed E-state index contributed by atoms with van der Waals surface area (Å²) in [6, 6.07) is -0.589. The summed E-state index contributed by atoms with van der Waals surface area (Å²) in [6.07, 6.45) is -6.20. The second-order valence-corrected chi connectivity index (χ2v) is 17.7. The summed E-state index contributed by atoms with van der Waals surface area (Å²) in [5.74, 6) is -3.40. The Morgan fingerprint density at radius 3 is 2.18 bits per heavy atom. The molecule has 3 saturated heterocycles. The standard InChI is InChI=1S/C40H74N2O13/c1-14-29-40(10,49)34(45)26(6)42(12)21-22(2)19-38(8,48)36(55-31-18-28(17-23(3)51-31)41(11)16-15-30(43)44)24(4)33(25(5)37(47)53-29)54-32-20-39(9,50-13)35(46)27(7)52-32/h22-29,31-36,45-46,48-49H,14-21H2,1-13H3,(H,43,44)/t22-,23-,24+,25-,26-,27+,28+,29-,31+,32+,33+,34-,35+,36-,38-,39-,40-/m1/s1. The minimum atomic E-state index is -1.80. The van der Waals surface area contributed by atoms with E-state index in [0.717, 1.165) is 0 Å². The number of rotatable bonds is 10. The number of carbonyl (C=O) groups excluding carboxylic acids is 1. The molecule has 3 heterocycles. The number of hydrogen-bond donors (Lipinski definition) is 5. The van der Waals surface area contributed by atoms with Crippen LogP contribution in [0.4, 0.5) is 0 Å². The summed E-state index contributed by atoms with van der Waals surface area (Å²) in [5, 5.41) is 56.1. The van der Waals surface area contributed by atoms with Crippen molar-refractivity contribution in [3.63, 3.8) is 0 Å². The summed E-state index contributed by atoms with van der Waals surface area (Å²) in [6.45, 7) is 18.5. The minimum absolute atomic E-state index is 0.00750. The first-order valence-corrected chi connectivity index (χ1v) is 20.2. The third-order valence-electron chi connectivity index (χ3n) is 12.7. The van der Waals surface area contributed by atoms with Gasteiger partial charge in [-0.3, -0.25) is 9.59 Å². The van der Waals surface area contributed by atoms with Gasteiger partial charge in [0.05, 0.1) is 48.0 Å². The van der Waals surface area contributed by atoms with Gasteiger partial charge in [0.15, 0.2) is 12.6 Å². The Balaban J connectivity index is 2.13. The molecule has 0 aromatic rings. The lowest BCUT2D eigenvalue weighted by Gasteiger charge is -2.48. The van der Waals surface area contributed by atoms with Gasteiger partial charge in [-0.15, -0.1) is 0 Å². The predicted molar refractivity (Wildman–Crippen MR) is 204 cm³/mol. The third kappa shape index (κ3) is 11.8. The number of cyclic esters (lactones) is 1. The minimum Gasteiger partial charge on any atom is -0.481 e. The molecule has 0 aromatic carbocycles. The first-order chi connectivity index (χ1) is 25.4. The number of methoxy groups -OCH3 is 1. The smallest absolute Gasteiger partial charge is 0.311 e. The fourth-order valence-corrected chi connectivity index (χ4v) is 9.07. The molecule has 322 valence electrons. The van der Waals surface area contributed by atoms with Crippen LogP contribution in [-0.2, 0) is 38.0 Å². The Morgan fingerprint density at radius 1 is 0.964 bits per heavy atom. The van der Waals surface area contributed by atoms with Crippen LogP contribution in [-0.4, -0.2) is 166 Å². The normalized spacial score (nSPS) is 46.1. The van der Waals surface area contributed by atoms with E-state index in [4.69, 9.17) is 28.4 Å².